The lowest BCUT2D eigenvalue weighted by Gasteiger charge is -2.39. The van der Waals surface area contributed by atoms with E-state index in [1.165, 1.54) is 0 Å². The van der Waals surface area contributed by atoms with Crippen molar-refractivity contribution in [2.24, 2.45) is 10.8 Å². The van der Waals surface area contributed by atoms with Crippen molar-refractivity contribution in [1.82, 2.24) is 4.90 Å². The maximum absolute atomic E-state index is 12.9. The zero-order valence-electron chi connectivity index (χ0n) is 16.8. The monoisotopic (exact) mass is 356 g/mol. The van der Waals surface area contributed by atoms with Gasteiger partial charge in [-0.25, -0.2) is 0 Å². The SMILES string of the molecule is CCC(C)c1ccccc1NC(=O)C(=O)N1CC2(C)CC1CC(C)(C)C2. The van der Waals surface area contributed by atoms with Crippen molar-refractivity contribution in [3.05, 3.63) is 29.8 Å². The quantitative estimate of drug-likeness (QED) is 0.807. The summed E-state index contributed by atoms with van der Waals surface area (Å²) in [6.45, 7) is 11.8. The number of fused-ring (bicyclic) bond motifs is 2. The molecule has 2 fully saturated rings. The number of rotatable bonds is 3. The topological polar surface area (TPSA) is 49.4 Å². The molecule has 1 aromatic carbocycles. The molecule has 0 radical (unpaired) electrons. The molecule has 26 heavy (non-hydrogen) atoms. The van der Waals surface area contributed by atoms with Gasteiger partial charge in [-0.2, -0.15) is 0 Å². The molecule has 2 aliphatic rings. The van der Waals surface area contributed by atoms with Crippen molar-refractivity contribution >= 4 is 17.5 Å². The summed E-state index contributed by atoms with van der Waals surface area (Å²) >= 11 is 0. The molecule has 3 unspecified atom stereocenters. The van der Waals surface area contributed by atoms with Crippen molar-refractivity contribution in [2.45, 2.75) is 72.3 Å². The van der Waals surface area contributed by atoms with Crippen molar-refractivity contribution in [2.75, 3.05) is 11.9 Å². The zero-order chi connectivity index (χ0) is 19.1. The average Bonchev–Trinajstić information content (AvgIpc) is 2.82. The predicted octanol–water partition coefficient (Wildman–Crippen LogP) is 4.57. The maximum atomic E-state index is 12.9. The van der Waals surface area contributed by atoms with Gasteiger partial charge < -0.3 is 10.2 Å². The van der Waals surface area contributed by atoms with Crippen molar-refractivity contribution in [1.29, 1.82) is 0 Å². The van der Waals surface area contributed by atoms with E-state index >= 15 is 0 Å². The molecule has 1 aromatic rings. The Morgan fingerprint density at radius 2 is 1.92 bits per heavy atom. The third-order valence-electron chi connectivity index (χ3n) is 6.22. The van der Waals surface area contributed by atoms with Gasteiger partial charge in [-0.05, 0) is 54.1 Å². The number of carbonyl (C=O) groups is 2. The van der Waals surface area contributed by atoms with Crippen LogP contribution in [0.4, 0.5) is 5.69 Å². The van der Waals surface area contributed by atoms with Crippen LogP contribution in [0.3, 0.4) is 0 Å². The fraction of sp³-hybridized carbons (Fsp3) is 0.636. The average molecular weight is 357 g/mol. The summed E-state index contributed by atoms with van der Waals surface area (Å²) < 4.78 is 0. The molecular formula is C22H32N2O2. The summed E-state index contributed by atoms with van der Waals surface area (Å²) in [5, 5.41) is 2.89. The minimum atomic E-state index is -0.505. The Bertz CT molecular complexity index is 712. The third-order valence-corrected chi connectivity index (χ3v) is 6.22. The van der Waals surface area contributed by atoms with Gasteiger partial charge in [0, 0.05) is 18.3 Å². The molecular weight excluding hydrogens is 324 g/mol. The number of nitrogens with one attached hydrogen (secondary N) is 1. The Morgan fingerprint density at radius 3 is 2.62 bits per heavy atom. The highest BCUT2D eigenvalue weighted by atomic mass is 16.2. The van der Waals surface area contributed by atoms with Crippen molar-refractivity contribution in [3.63, 3.8) is 0 Å². The van der Waals surface area contributed by atoms with Gasteiger partial charge in [-0.3, -0.25) is 9.59 Å². The molecule has 1 heterocycles. The molecule has 1 aliphatic heterocycles. The number of amides is 2. The minimum absolute atomic E-state index is 0.136. The van der Waals surface area contributed by atoms with Crippen LogP contribution < -0.4 is 5.32 Å². The van der Waals surface area contributed by atoms with Gasteiger partial charge in [-0.1, -0.05) is 52.8 Å². The first-order chi connectivity index (χ1) is 12.1. The first-order valence-corrected chi connectivity index (χ1v) is 9.85. The predicted molar refractivity (Wildman–Crippen MR) is 105 cm³/mol. The summed E-state index contributed by atoms with van der Waals surface area (Å²) in [5.41, 5.74) is 2.21. The van der Waals surface area contributed by atoms with E-state index in [4.69, 9.17) is 0 Å². The van der Waals surface area contributed by atoms with Gasteiger partial charge in [0.05, 0.1) is 0 Å². The number of hydrogen-bond acceptors (Lipinski definition) is 2. The summed E-state index contributed by atoms with van der Waals surface area (Å²) in [6.07, 6.45) is 4.09. The normalized spacial score (nSPS) is 27.9. The van der Waals surface area contributed by atoms with E-state index in [0.717, 1.165) is 36.9 Å². The number of nitrogens with zero attached hydrogens (tertiary/aromatic N) is 1. The standard InChI is InChI=1S/C22H32N2O2/c1-6-15(2)17-9-7-8-10-18(17)23-19(25)20(26)24-14-22(5)12-16(24)11-21(3,4)13-22/h7-10,15-16H,6,11-14H2,1-5H3,(H,23,25). The van der Waals surface area contributed by atoms with Gasteiger partial charge in [0.1, 0.15) is 0 Å². The number of likely N-dealkylation sites (tertiary alicyclic amines) is 1. The minimum Gasteiger partial charge on any atom is -0.331 e. The third kappa shape index (κ3) is 3.65. The summed E-state index contributed by atoms with van der Waals surface area (Å²) in [6, 6.07) is 7.98. The first kappa shape index (κ1) is 18.9. The molecule has 0 spiro atoms. The first-order valence-electron chi connectivity index (χ1n) is 9.85. The molecule has 142 valence electrons. The fourth-order valence-electron chi connectivity index (χ4n) is 5.26. The van der Waals surface area contributed by atoms with Crippen LogP contribution in [-0.4, -0.2) is 29.3 Å². The molecule has 0 aromatic heterocycles. The Hall–Kier alpha value is -1.84. The lowest BCUT2D eigenvalue weighted by Crippen LogP contribution is -2.43. The maximum Gasteiger partial charge on any atom is 0.313 e. The highest BCUT2D eigenvalue weighted by Gasteiger charge is 2.51. The second-order valence-electron chi connectivity index (χ2n) is 9.50. The van der Waals surface area contributed by atoms with E-state index in [0.29, 0.717) is 12.5 Å². The second kappa shape index (κ2) is 6.71. The molecule has 4 heteroatoms. The van der Waals surface area contributed by atoms with Crippen molar-refractivity contribution in [3.8, 4) is 0 Å². The van der Waals surface area contributed by atoms with Crippen molar-refractivity contribution < 1.29 is 9.59 Å². The van der Waals surface area contributed by atoms with Crippen LogP contribution in [0.15, 0.2) is 24.3 Å². The number of para-hydroxylation sites is 1. The molecule has 1 N–H and O–H groups in total. The smallest absolute Gasteiger partial charge is 0.313 e. The van der Waals surface area contributed by atoms with E-state index in [2.05, 4.69) is 39.9 Å². The van der Waals surface area contributed by atoms with Crippen LogP contribution in [-0.2, 0) is 9.59 Å². The Morgan fingerprint density at radius 1 is 1.23 bits per heavy atom. The number of carbonyl (C=O) groups excluding carboxylic acids is 2. The summed E-state index contributed by atoms with van der Waals surface area (Å²) in [7, 11) is 0. The van der Waals surface area contributed by atoms with Crippen LogP contribution in [0.5, 0.6) is 0 Å². The van der Waals surface area contributed by atoms with E-state index in [1.807, 2.05) is 29.2 Å². The molecule has 1 aliphatic carbocycles. The summed E-state index contributed by atoms with van der Waals surface area (Å²) in [4.78, 5) is 27.5. The molecule has 4 nitrogen and oxygen atoms in total. The lowest BCUT2D eigenvalue weighted by molar-refractivity contribution is -0.144. The zero-order valence-corrected chi connectivity index (χ0v) is 16.8. The van der Waals surface area contributed by atoms with Gasteiger partial charge in [0.25, 0.3) is 0 Å². The molecule has 3 rings (SSSR count). The molecule has 3 atom stereocenters. The highest BCUT2D eigenvalue weighted by Crippen LogP contribution is 2.52. The van der Waals surface area contributed by atoms with Gasteiger partial charge >= 0.3 is 11.8 Å². The Balaban J connectivity index is 1.75. The number of anilines is 1. The van der Waals surface area contributed by atoms with Crippen LogP contribution in [0.25, 0.3) is 0 Å². The van der Waals surface area contributed by atoms with Gasteiger partial charge in [0.15, 0.2) is 0 Å². The fourth-order valence-corrected chi connectivity index (χ4v) is 5.26. The van der Waals surface area contributed by atoms with Gasteiger partial charge in [0.2, 0.25) is 0 Å². The summed E-state index contributed by atoms with van der Waals surface area (Å²) in [5.74, 6) is -0.544. The van der Waals surface area contributed by atoms with Crippen LogP contribution in [0.1, 0.15) is 71.8 Å². The number of hydrogen-bond donors (Lipinski definition) is 1. The van der Waals surface area contributed by atoms with E-state index in [-0.39, 0.29) is 22.8 Å². The van der Waals surface area contributed by atoms with E-state index < -0.39 is 5.91 Å². The van der Waals surface area contributed by atoms with Gasteiger partial charge in [-0.15, -0.1) is 0 Å². The van der Waals surface area contributed by atoms with E-state index in [9.17, 15) is 9.59 Å². The Labute approximate surface area is 157 Å². The Kier molecular flexibility index (Phi) is 4.89. The van der Waals surface area contributed by atoms with E-state index in [1.54, 1.807) is 0 Å². The van der Waals surface area contributed by atoms with Crippen LogP contribution in [0.2, 0.25) is 0 Å². The highest BCUT2D eigenvalue weighted by molar-refractivity contribution is 6.39. The van der Waals surface area contributed by atoms with Crippen LogP contribution >= 0.6 is 0 Å². The molecule has 2 amide bonds. The largest absolute Gasteiger partial charge is 0.331 e. The molecule has 1 saturated heterocycles. The second-order valence-corrected chi connectivity index (χ2v) is 9.50. The lowest BCUT2D eigenvalue weighted by atomic mass is 9.65. The molecule has 1 saturated carbocycles. The van der Waals surface area contributed by atoms with Crippen LogP contribution in [0, 0.1) is 10.8 Å². The molecule has 2 bridgehead atoms. The number of benzene rings is 1.